The fourth-order valence-electron chi connectivity index (χ4n) is 6.56. The van der Waals surface area contributed by atoms with Crippen molar-refractivity contribution in [1.29, 1.82) is 0 Å². The lowest BCUT2D eigenvalue weighted by Crippen LogP contribution is -2.59. The molecule has 0 bridgehead atoms. The predicted molar refractivity (Wildman–Crippen MR) is 175 cm³/mol. The summed E-state index contributed by atoms with van der Waals surface area (Å²) in [4.78, 5) is 37.9. The standard InChI is InChI=1S/C35H40FN7O3/c1-22(2)41-14-16-42(17-15-41)35(45)31-11-9-26(20-43(31)21-28-29(36)6-5-7-32(28)46-4)38-34(44)25-8-10-30-27(19-25)33(40-39-30)24-12-13-37-23(3)18-24/h5-8,10,12-13,18-19,26,31H,1,9,11,14-17,20-21H2,2-4H3,(H,38,44)(H,39,40)/t26-,31+/m1/s1. The third kappa shape index (κ3) is 6.46. The highest BCUT2D eigenvalue weighted by molar-refractivity contribution is 6.01. The number of nitrogens with zero attached hydrogens (tertiary/aromatic N) is 5. The Bertz CT molecular complexity index is 1760. The van der Waals surface area contributed by atoms with Gasteiger partial charge in [-0.15, -0.1) is 0 Å². The van der Waals surface area contributed by atoms with Gasteiger partial charge in [0.1, 0.15) is 17.3 Å². The number of hydrogen-bond donors (Lipinski definition) is 2. The van der Waals surface area contributed by atoms with Gasteiger partial charge in [0.05, 0.1) is 18.7 Å². The number of H-pyrrole nitrogens is 1. The minimum Gasteiger partial charge on any atom is -0.496 e. The van der Waals surface area contributed by atoms with Crippen molar-refractivity contribution in [2.24, 2.45) is 0 Å². The summed E-state index contributed by atoms with van der Waals surface area (Å²) in [6.45, 7) is 11.2. The SMILES string of the molecule is C=C(C)N1CCN(C(=O)[C@@H]2CC[C@@H](NC(=O)c3ccc4[nH]nc(-c5ccnc(C)c5)c4c3)CN2Cc2c(F)cccc2OC)CC1. The molecule has 0 spiro atoms. The van der Waals surface area contributed by atoms with Crippen LogP contribution in [0.15, 0.2) is 67.0 Å². The van der Waals surface area contributed by atoms with Crippen molar-refractivity contribution in [3.8, 4) is 17.0 Å². The number of halogens is 1. The van der Waals surface area contributed by atoms with Gasteiger partial charge in [-0.05, 0) is 69.2 Å². The molecule has 46 heavy (non-hydrogen) atoms. The van der Waals surface area contributed by atoms with E-state index < -0.39 is 6.04 Å². The van der Waals surface area contributed by atoms with Gasteiger partial charge in [-0.25, -0.2) is 4.39 Å². The summed E-state index contributed by atoms with van der Waals surface area (Å²) >= 11 is 0. The van der Waals surface area contributed by atoms with Crippen molar-refractivity contribution in [2.75, 3.05) is 39.8 Å². The number of rotatable bonds is 8. The summed E-state index contributed by atoms with van der Waals surface area (Å²) < 4.78 is 20.6. The zero-order valence-corrected chi connectivity index (χ0v) is 26.6. The van der Waals surface area contributed by atoms with Crippen LogP contribution in [-0.2, 0) is 11.3 Å². The number of hydrogen-bond acceptors (Lipinski definition) is 7. The summed E-state index contributed by atoms with van der Waals surface area (Å²) in [5.74, 6) is -0.138. The Labute approximate surface area is 268 Å². The normalized spacial score (nSPS) is 18.9. The third-order valence-corrected chi connectivity index (χ3v) is 9.09. The van der Waals surface area contributed by atoms with E-state index in [4.69, 9.17) is 4.74 Å². The van der Waals surface area contributed by atoms with Crippen LogP contribution in [-0.4, -0.2) is 93.6 Å². The molecule has 2 fully saturated rings. The first-order valence-electron chi connectivity index (χ1n) is 15.7. The summed E-state index contributed by atoms with van der Waals surface area (Å²) in [6, 6.07) is 13.4. The van der Waals surface area contributed by atoms with Crippen LogP contribution >= 0.6 is 0 Å². The number of fused-ring (bicyclic) bond motifs is 1. The lowest BCUT2D eigenvalue weighted by atomic mass is 9.95. The second-order valence-corrected chi connectivity index (χ2v) is 12.2. The molecule has 2 aliphatic rings. The Morgan fingerprint density at radius 2 is 1.87 bits per heavy atom. The summed E-state index contributed by atoms with van der Waals surface area (Å²) in [7, 11) is 1.51. The number of amides is 2. The molecule has 2 aromatic carbocycles. The van der Waals surface area contributed by atoms with Crippen molar-refractivity contribution >= 4 is 22.7 Å². The Balaban J connectivity index is 1.21. The van der Waals surface area contributed by atoms with Crippen LogP contribution in [0.2, 0.25) is 0 Å². The Hall–Kier alpha value is -4.77. The first-order chi connectivity index (χ1) is 22.2. The number of pyridine rings is 1. The van der Waals surface area contributed by atoms with Crippen LogP contribution < -0.4 is 10.1 Å². The van der Waals surface area contributed by atoms with Crippen molar-refractivity contribution < 1.29 is 18.7 Å². The number of likely N-dealkylation sites (tertiary alicyclic amines) is 1. The van der Waals surface area contributed by atoms with Crippen molar-refractivity contribution in [1.82, 2.24) is 35.2 Å². The van der Waals surface area contributed by atoms with Crippen molar-refractivity contribution in [3.05, 3.63) is 89.6 Å². The number of aryl methyl sites for hydroxylation is 1. The van der Waals surface area contributed by atoms with Crippen molar-refractivity contribution in [3.63, 3.8) is 0 Å². The van der Waals surface area contributed by atoms with E-state index in [1.165, 1.54) is 13.2 Å². The number of carbonyl (C=O) groups is 2. The quantitative estimate of drug-likeness (QED) is 0.297. The molecule has 0 aliphatic carbocycles. The molecule has 0 radical (unpaired) electrons. The van der Waals surface area contributed by atoms with Gasteiger partial charge in [-0.2, -0.15) is 5.10 Å². The number of allylic oxidation sites excluding steroid dienone is 1. The van der Waals surface area contributed by atoms with Crippen LogP contribution in [0.3, 0.4) is 0 Å². The molecule has 6 rings (SSSR count). The maximum Gasteiger partial charge on any atom is 0.251 e. The van der Waals surface area contributed by atoms with E-state index in [0.717, 1.165) is 46.6 Å². The highest BCUT2D eigenvalue weighted by atomic mass is 19.1. The van der Waals surface area contributed by atoms with Crippen LogP contribution in [0.4, 0.5) is 4.39 Å². The second-order valence-electron chi connectivity index (χ2n) is 12.2. The van der Waals surface area contributed by atoms with E-state index in [2.05, 4.69) is 32.0 Å². The summed E-state index contributed by atoms with van der Waals surface area (Å²) in [5, 5.41) is 11.6. The van der Waals surface area contributed by atoms with Crippen LogP contribution in [0, 0.1) is 12.7 Å². The molecule has 0 unspecified atom stereocenters. The lowest BCUT2D eigenvalue weighted by Gasteiger charge is -2.43. The topological polar surface area (TPSA) is 107 Å². The minimum absolute atomic E-state index is 0.0331. The van der Waals surface area contributed by atoms with Gasteiger partial charge < -0.3 is 19.9 Å². The highest BCUT2D eigenvalue weighted by Gasteiger charge is 2.37. The number of aromatic nitrogens is 3. The number of methoxy groups -OCH3 is 1. The average Bonchev–Trinajstić information content (AvgIpc) is 3.49. The molecule has 0 saturated carbocycles. The fourth-order valence-corrected chi connectivity index (χ4v) is 6.56. The molecule has 240 valence electrons. The Morgan fingerprint density at radius 1 is 1.09 bits per heavy atom. The molecule has 2 saturated heterocycles. The molecule has 4 heterocycles. The molecule has 4 aromatic rings. The number of nitrogens with one attached hydrogen (secondary N) is 2. The van der Waals surface area contributed by atoms with Gasteiger partial charge in [0.25, 0.3) is 5.91 Å². The van der Waals surface area contributed by atoms with E-state index in [1.54, 1.807) is 24.4 Å². The van der Waals surface area contributed by atoms with E-state index in [-0.39, 0.29) is 30.2 Å². The van der Waals surface area contributed by atoms with Crippen LogP contribution in [0.5, 0.6) is 5.75 Å². The number of benzene rings is 2. The molecule has 2 amide bonds. The molecule has 10 nitrogen and oxygen atoms in total. The first-order valence-corrected chi connectivity index (χ1v) is 15.7. The molecular formula is C35H40FN7O3. The van der Waals surface area contributed by atoms with Gasteiger partial charge in [0.2, 0.25) is 5.91 Å². The smallest absolute Gasteiger partial charge is 0.251 e. The number of piperidine rings is 1. The number of ether oxygens (including phenoxy) is 1. The van der Waals surface area contributed by atoms with E-state index in [1.807, 2.05) is 47.9 Å². The predicted octanol–water partition coefficient (Wildman–Crippen LogP) is 4.52. The second kappa shape index (κ2) is 13.3. The summed E-state index contributed by atoms with van der Waals surface area (Å²) in [6.07, 6.45) is 2.90. The molecule has 2 N–H and O–H groups in total. The number of carbonyl (C=O) groups excluding carboxylic acids is 2. The molecule has 2 atom stereocenters. The maximum absolute atomic E-state index is 15.1. The van der Waals surface area contributed by atoms with Gasteiger partial charge in [0.15, 0.2) is 0 Å². The van der Waals surface area contributed by atoms with Gasteiger partial charge in [0, 0.05) is 85.0 Å². The van der Waals surface area contributed by atoms with E-state index >= 15 is 4.39 Å². The molecule has 2 aliphatic heterocycles. The average molecular weight is 626 g/mol. The summed E-state index contributed by atoms with van der Waals surface area (Å²) in [5.41, 5.74) is 5.27. The van der Waals surface area contributed by atoms with Crippen LogP contribution in [0.1, 0.15) is 41.4 Å². The fraction of sp³-hybridized carbons (Fsp3) is 0.371. The highest BCUT2D eigenvalue weighted by Crippen LogP contribution is 2.30. The molecule has 2 aromatic heterocycles. The maximum atomic E-state index is 15.1. The van der Waals surface area contributed by atoms with E-state index in [0.29, 0.717) is 49.4 Å². The number of aromatic amines is 1. The monoisotopic (exact) mass is 625 g/mol. The minimum atomic E-state index is -0.442. The molecular weight excluding hydrogens is 585 g/mol. The first kappa shape index (κ1) is 31.2. The van der Waals surface area contributed by atoms with Gasteiger partial charge in [-0.3, -0.25) is 24.6 Å². The Morgan fingerprint density at radius 3 is 2.61 bits per heavy atom. The van der Waals surface area contributed by atoms with Crippen molar-refractivity contribution in [2.45, 2.75) is 45.3 Å². The van der Waals surface area contributed by atoms with Crippen LogP contribution in [0.25, 0.3) is 22.2 Å². The third-order valence-electron chi connectivity index (χ3n) is 9.09. The van der Waals surface area contributed by atoms with E-state index in [9.17, 15) is 9.59 Å². The Kier molecular flexibility index (Phi) is 9.03. The molecule has 11 heteroatoms. The number of piperazine rings is 1. The van der Waals surface area contributed by atoms with Gasteiger partial charge in [-0.1, -0.05) is 12.6 Å². The zero-order chi connectivity index (χ0) is 32.4. The largest absolute Gasteiger partial charge is 0.496 e. The van der Waals surface area contributed by atoms with Gasteiger partial charge >= 0.3 is 0 Å². The zero-order valence-electron chi connectivity index (χ0n) is 26.6. The lowest BCUT2D eigenvalue weighted by molar-refractivity contribution is -0.140.